The van der Waals surface area contributed by atoms with E-state index in [1.165, 1.54) is 7.11 Å². The summed E-state index contributed by atoms with van der Waals surface area (Å²) in [5.41, 5.74) is 3.21. The van der Waals surface area contributed by atoms with Crippen molar-refractivity contribution in [1.82, 2.24) is 10.6 Å². The minimum absolute atomic E-state index is 0.0682. The van der Waals surface area contributed by atoms with Gasteiger partial charge in [-0.25, -0.2) is 9.59 Å². The van der Waals surface area contributed by atoms with Crippen molar-refractivity contribution in [1.29, 1.82) is 0 Å². The van der Waals surface area contributed by atoms with Gasteiger partial charge in [-0.15, -0.1) is 0 Å². The normalized spacial score (nSPS) is 17.2. The van der Waals surface area contributed by atoms with Crippen LogP contribution in [0.25, 0.3) is 11.1 Å². The monoisotopic (exact) mass is 466 g/mol. The highest BCUT2D eigenvalue weighted by Crippen LogP contribution is 2.44. The molecule has 2 aliphatic carbocycles. The molecule has 2 aliphatic rings. The number of carbonyl (C=O) groups excluding carboxylic acids is 2. The van der Waals surface area contributed by atoms with Crippen molar-refractivity contribution < 1.29 is 29.0 Å². The summed E-state index contributed by atoms with van der Waals surface area (Å²) in [5.74, 6) is -1.67. The van der Waals surface area contributed by atoms with Gasteiger partial charge in [0.05, 0.1) is 6.54 Å². The Balaban J connectivity index is 1.33. The standard InChI is InChI=1S/C26H30N2O6/c1-33-22(23(29)28-26(24(30)31)13-7-2-8-14-26)15-27-25(32)34-16-21-19-11-5-3-9-17(19)18-10-4-6-12-20(18)21/h3-6,9-12,21-22H,2,7-8,13-16H2,1H3,(H,27,32)(H,28,29)(H,30,31). The molecule has 3 N–H and O–H groups in total. The average molecular weight is 467 g/mol. The number of nitrogens with one attached hydrogen (secondary N) is 2. The molecule has 2 aromatic rings. The second-order valence-electron chi connectivity index (χ2n) is 8.87. The largest absolute Gasteiger partial charge is 0.480 e. The van der Waals surface area contributed by atoms with Gasteiger partial charge in [0.2, 0.25) is 0 Å². The molecule has 0 saturated heterocycles. The molecule has 8 nitrogen and oxygen atoms in total. The lowest BCUT2D eigenvalue weighted by Gasteiger charge is -2.35. The summed E-state index contributed by atoms with van der Waals surface area (Å²) in [6.45, 7) is 0.0283. The number of carboxylic acids is 1. The second kappa shape index (κ2) is 10.3. The number of carboxylic acid groups (broad SMARTS) is 1. The van der Waals surface area contributed by atoms with Gasteiger partial charge in [-0.05, 0) is 35.1 Å². The maximum Gasteiger partial charge on any atom is 0.407 e. The fraction of sp³-hybridized carbons (Fsp3) is 0.423. The van der Waals surface area contributed by atoms with Crippen LogP contribution in [-0.4, -0.2) is 55.0 Å². The summed E-state index contributed by atoms with van der Waals surface area (Å²) < 4.78 is 10.7. The van der Waals surface area contributed by atoms with Crippen LogP contribution in [0.15, 0.2) is 48.5 Å². The molecule has 180 valence electrons. The van der Waals surface area contributed by atoms with Crippen molar-refractivity contribution in [3.05, 3.63) is 59.7 Å². The molecule has 1 saturated carbocycles. The summed E-state index contributed by atoms with van der Waals surface area (Å²) in [6.07, 6.45) is 1.49. The van der Waals surface area contributed by atoms with E-state index in [1.54, 1.807) is 0 Å². The Morgan fingerprint density at radius 2 is 1.59 bits per heavy atom. The Labute approximate surface area is 198 Å². The Bertz CT molecular complexity index is 1020. The van der Waals surface area contributed by atoms with E-state index in [-0.39, 0.29) is 19.1 Å². The van der Waals surface area contributed by atoms with E-state index in [0.717, 1.165) is 41.5 Å². The minimum Gasteiger partial charge on any atom is -0.480 e. The molecule has 4 rings (SSSR count). The first-order chi connectivity index (χ1) is 16.4. The highest BCUT2D eigenvalue weighted by Gasteiger charge is 2.42. The number of aliphatic carboxylic acids is 1. The first-order valence-electron chi connectivity index (χ1n) is 11.6. The predicted molar refractivity (Wildman–Crippen MR) is 125 cm³/mol. The Morgan fingerprint density at radius 3 is 2.15 bits per heavy atom. The summed E-state index contributed by atoms with van der Waals surface area (Å²) in [5, 5.41) is 14.9. The number of carbonyl (C=O) groups is 3. The number of alkyl carbamates (subject to hydrolysis) is 1. The van der Waals surface area contributed by atoms with Crippen LogP contribution in [0.2, 0.25) is 0 Å². The Hall–Kier alpha value is -3.39. The number of ether oxygens (including phenoxy) is 2. The molecular formula is C26H30N2O6. The highest BCUT2D eigenvalue weighted by atomic mass is 16.5. The smallest absolute Gasteiger partial charge is 0.407 e. The van der Waals surface area contributed by atoms with Gasteiger partial charge in [0, 0.05) is 13.0 Å². The number of hydrogen-bond donors (Lipinski definition) is 3. The third-order valence-corrected chi connectivity index (χ3v) is 6.83. The van der Waals surface area contributed by atoms with Crippen LogP contribution in [0.5, 0.6) is 0 Å². The second-order valence-corrected chi connectivity index (χ2v) is 8.87. The van der Waals surface area contributed by atoms with E-state index in [4.69, 9.17) is 9.47 Å². The van der Waals surface area contributed by atoms with Crippen LogP contribution >= 0.6 is 0 Å². The van der Waals surface area contributed by atoms with Crippen molar-refractivity contribution in [2.24, 2.45) is 0 Å². The topological polar surface area (TPSA) is 114 Å². The molecule has 0 aromatic heterocycles. The maximum absolute atomic E-state index is 12.7. The maximum atomic E-state index is 12.7. The molecule has 0 heterocycles. The van der Waals surface area contributed by atoms with Crippen LogP contribution in [0.4, 0.5) is 4.79 Å². The molecule has 1 atom stereocenters. The molecule has 0 aliphatic heterocycles. The van der Waals surface area contributed by atoms with Gasteiger partial charge in [0.25, 0.3) is 5.91 Å². The highest BCUT2D eigenvalue weighted by molar-refractivity contribution is 5.89. The number of rotatable bonds is 8. The fourth-order valence-electron chi connectivity index (χ4n) is 4.97. The van der Waals surface area contributed by atoms with Gasteiger partial charge in [-0.2, -0.15) is 0 Å². The average Bonchev–Trinajstić information content (AvgIpc) is 3.17. The lowest BCUT2D eigenvalue weighted by Crippen LogP contribution is -2.59. The molecule has 1 unspecified atom stereocenters. The van der Waals surface area contributed by atoms with E-state index in [1.807, 2.05) is 36.4 Å². The summed E-state index contributed by atoms with van der Waals surface area (Å²) >= 11 is 0. The first-order valence-corrected chi connectivity index (χ1v) is 11.6. The van der Waals surface area contributed by atoms with Gasteiger partial charge in [-0.3, -0.25) is 4.79 Å². The van der Waals surface area contributed by atoms with Crippen molar-refractivity contribution in [2.75, 3.05) is 20.3 Å². The third kappa shape index (κ3) is 4.77. The number of hydrogen-bond acceptors (Lipinski definition) is 5. The minimum atomic E-state index is -1.28. The molecule has 0 radical (unpaired) electrons. The molecular weight excluding hydrogens is 436 g/mol. The lowest BCUT2D eigenvalue weighted by atomic mass is 9.81. The molecule has 1 fully saturated rings. The molecule has 0 bridgehead atoms. The van der Waals surface area contributed by atoms with Gasteiger partial charge >= 0.3 is 12.1 Å². The quantitative estimate of drug-likeness (QED) is 0.549. The zero-order valence-electron chi connectivity index (χ0n) is 19.2. The van der Waals surface area contributed by atoms with E-state index in [9.17, 15) is 19.5 Å². The van der Waals surface area contributed by atoms with Crippen LogP contribution in [0.1, 0.15) is 49.1 Å². The van der Waals surface area contributed by atoms with E-state index in [0.29, 0.717) is 12.8 Å². The number of amides is 2. The van der Waals surface area contributed by atoms with Crippen LogP contribution < -0.4 is 10.6 Å². The zero-order chi connectivity index (χ0) is 24.1. The molecule has 2 aromatic carbocycles. The van der Waals surface area contributed by atoms with Gasteiger partial charge in [-0.1, -0.05) is 67.8 Å². The molecule has 0 spiro atoms. The summed E-state index contributed by atoms with van der Waals surface area (Å²) in [4.78, 5) is 37.0. The van der Waals surface area contributed by atoms with Crippen molar-refractivity contribution in [3.8, 4) is 11.1 Å². The van der Waals surface area contributed by atoms with Crippen LogP contribution in [-0.2, 0) is 19.1 Å². The summed E-state index contributed by atoms with van der Waals surface area (Å²) in [7, 11) is 1.35. The Kier molecular flexibility index (Phi) is 7.17. The fourth-order valence-corrected chi connectivity index (χ4v) is 4.97. The predicted octanol–water partition coefficient (Wildman–Crippen LogP) is 3.44. The third-order valence-electron chi connectivity index (χ3n) is 6.83. The zero-order valence-corrected chi connectivity index (χ0v) is 19.2. The number of methoxy groups -OCH3 is 1. The van der Waals surface area contributed by atoms with E-state index >= 15 is 0 Å². The van der Waals surface area contributed by atoms with Crippen LogP contribution in [0.3, 0.4) is 0 Å². The van der Waals surface area contributed by atoms with E-state index in [2.05, 4.69) is 22.8 Å². The lowest BCUT2D eigenvalue weighted by molar-refractivity contribution is -0.151. The Morgan fingerprint density at radius 1 is 1.00 bits per heavy atom. The molecule has 8 heteroatoms. The van der Waals surface area contributed by atoms with Gasteiger partial charge < -0.3 is 25.2 Å². The summed E-state index contributed by atoms with van der Waals surface area (Å²) in [6, 6.07) is 16.1. The van der Waals surface area contributed by atoms with Crippen molar-refractivity contribution in [3.63, 3.8) is 0 Å². The van der Waals surface area contributed by atoms with E-state index < -0.39 is 29.6 Å². The molecule has 34 heavy (non-hydrogen) atoms. The van der Waals surface area contributed by atoms with Gasteiger partial charge in [0.1, 0.15) is 12.1 Å². The molecule has 2 amide bonds. The first kappa shape index (κ1) is 23.8. The van der Waals surface area contributed by atoms with Crippen molar-refractivity contribution >= 4 is 18.0 Å². The van der Waals surface area contributed by atoms with Gasteiger partial charge in [0.15, 0.2) is 6.10 Å². The number of fused-ring (bicyclic) bond motifs is 3. The van der Waals surface area contributed by atoms with Crippen LogP contribution in [0, 0.1) is 0 Å². The number of benzene rings is 2. The van der Waals surface area contributed by atoms with Crippen molar-refractivity contribution in [2.45, 2.75) is 49.7 Å². The SMILES string of the molecule is COC(CNC(=O)OCC1c2ccccc2-c2ccccc21)C(=O)NC1(C(=O)O)CCCCC1.